The van der Waals surface area contributed by atoms with E-state index in [1.54, 1.807) is 19.3 Å². The largest absolute Gasteiger partial charge is 0.488 e. The number of likely N-dealkylation sites (tertiary alicyclic amines) is 1. The highest BCUT2D eigenvalue weighted by molar-refractivity contribution is 5.73. The maximum absolute atomic E-state index is 12.0. The zero-order valence-corrected chi connectivity index (χ0v) is 32.5. The first-order valence-electron chi connectivity index (χ1n) is 19.5. The SMILES string of the molecule is CCOCCOCCOCCOCCOc1cnc(N2CCc3c(nc(C)n3C(C)CC3CCC(C)N3CCC(NC(C)=O)c3ccccc3)C2)nc1. The van der Waals surface area contributed by atoms with Crippen molar-refractivity contribution in [3.8, 4) is 5.75 Å². The first-order chi connectivity index (χ1) is 25.8. The molecule has 1 saturated heterocycles. The van der Waals surface area contributed by atoms with Crippen LogP contribution in [-0.2, 0) is 36.7 Å². The summed E-state index contributed by atoms with van der Waals surface area (Å²) >= 11 is 0. The number of ether oxygens (including phenoxy) is 5. The van der Waals surface area contributed by atoms with Crippen LogP contribution in [-0.4, -0.2) is 115 Å². The molecule has 13 nitrogen and oxygen atoms in total. The van der Waals surface area contributed by atoms with Gasteiger partial charge >= 0.3 is 0 Å². The van der Waals surface area contributed by atoms with Crippen LogP contribution in [0.2, 0.25) is 0 Å². The molecule has 4 atom stereocenters. The summed E-state index contributed by atoms with van der Waals surface area (Å²) in [5.41, 5.74) is 3.60. The molecule has 0 radical (unpaired) electrons. The predicted octanol–water partition coefficient (Wildman–Crippen LogP) is 5.08. The summed E-state index contributed by atoms with van der Waals surface area (Å²) in [6.07, 6.45) is 8.70. The number of amides is 1. The number of fused-ring (bicyclic) bond motifs is 1. The van der Waals surface area contributed by atoms with Crippen LogP contribution in [0.5, 0.6) is 5.75 Å². The highest BCUT2D eigenvalue weighted by atomic mass is 16.6. The van der Waals surface area contributed by atoms with Crippen LogP contribution in [0, 0.1) is 6.92 Å². The van der Waals surface area contributed by atoms with E-state index in [4.69, 9.17) is 28.7 Å². The van der Waals surface area contributed by atoms with Crippen molar-refractivity contribution in [3.63, 3.8) is 0 Å². The fourth-order valence-electron chi connectivity index (χ4n) is 7.68. The minimum atomic E-state index is 0.0114. The third-order valence-electron chi connectivity index (χ3n) is 10.2. The van der Waals surface area contributed by atoms with Gasteiger partial charge in [0.15, 0.2) is 5.75 Å². The molecule has 1 fully saturated rings. The Morgan fingerprint density at radius 1 is 0.943 bits per heavy atom. The number of carbonyl (C=O) groups excluding carboxylic acids is 1. The third-order valence-corrected chi connectivity index (χ3v) is 10.2. The van der Waals surface area contributed by atoms with Gasteiger partial charge in [0.1, 0.15) is 12.4 Å². The molecule has 5 rings (SSSR count). The molecular formula is C40H61N7O6. The molecule has 4 unspecified atom stereocenters. The lowest BCUT2D eigenvalue weighted by Crippen LogP contribution is -2.39. The molecule has 0 saturated carbocycles. The van der Waals surface area contributed by atoms with E-state index in [0.717, 1.165) is 49.4 Å². The number of rotatable bonds is 23. The van der Waals surface area contributed by atoms with E-state index in [1.807, 2.05) is 25.1 Å². The second-order valence-electron chi connectivity index (χ2n) is 14.1. The van der Waals surface area contributed by atoms with Crippen molar-refractivity contribution in [1.82, 2.24) is 29.7 Å². The lowest BCUT2D eigenvalue weighted by Gasteiger charge is -2.33. The molecule has 292 valence electrons. The molecule has 1 N–H and O–H groups in total. The minimum Gasteiger partial charge on any atom is -0.488 e. The molecule has 3 aromatic rings. The van der Waals surface area contributed by atoms with Gasteiger partial charge in [0.05, 0.1) is 76.9 Å². The van der Waals surface area contributed by atoms with Crippen LogP contribution in [0.3, 0.4) is 0 Å². The first-order valence-corrected chi connectivity index (χ1v) is 19.5. The quantitative estimate of drug-likeness (QED) is 0.131. The molecule has 13 heteroatoms. The number of imidazole rings is 1. The van der Waals surface area contributed by atoms with E-state index in [-0.39, 0.29) is 11.9 Å². The number of benzene rings is 1. The Bertz CT molecular complexity index is 1510. The Labute approximate surface area is 315 Å². The highest BCUT2D eigenvalue weighted by Gasteiger charge is 2.34. The summed E-state index contributed by atoms with van der Waals surface area (Å²) in [7, 11) is 0. The van der Waals surface area contributed by atoms with Gasteiger partial charge in [0.25, 0.3) is 0 Å². The first kappa shape index (κ1) is 40.6. The maximum atomic E-state index is 12.0. The van der Waals surface area contributed by atoms with Crippen molar-refractivity contribution in [1.29, 1.82) is 0 Å². The minimum absolute atomic E-state index is 0.0114. The van der Waals surface area contributed by atoms with Gasteiger partial charge in [0, 0.05) is 56.9 Å². The Kier molecular flexibility index (Phi) is 16.3. The van der Waals surface area contributed by atoms with Crippen LogP contribution < -0.4 is 15.0 Å². The topological polar surface area (TPSA) is 125 Å². The molecule has 2 aliphatic heterocycles. The summed E-state index contributed by atoms with van der Waals surface area (Å²) < 4.78 is 30.0. The van der Waals surface area contributed by atoms with Crippen LogP contribution in [0.1, 0.15) is 88.2 Å². The zero-order valence-electron chi connectivity index (χ0n) is 32.5. The molecule has 1 amide bonds. The standard InChI is InChI=1S/C40H61N7O6/c1-6-49-18-19-50-20-21-51-22-23-52-24-25-53-36-27-41-40(42-28-36)45-16-15-39-38(29-45)43-32(4)47(39)31(3)26-35-13-12-30(2)46(35)17-14-37(44-33(5)48)34-10-8-7-9-11-34/h7-11,27-28,30-31,35,37H,6,12-26,29H2,1-5H3,(H,44,48). The van der Waals surface area contributed by atoms with Crippen molar-refractivity contribution < 1.29 is 28.5 Å². The fourth-order valence-corrected chi connectivity index (χ4v) is 7.68. The summed E-state index contributed by atoms with van der Waals surface area (Å²) in [5, 5.41) is 3.19. The Balaban J connectivity index is 1.05. The molecule has 2 aliphatic rings. The van der Waals surface area contributed by atoms with Crippen LogP contribution in [0.25, 0.3) is 0 Å². The lowest BCUT2D eigenvalue weighted by molar-refractivity contribution is -0.119. The van der Waals surface area contributed by atoms with E-state index in [2.05, 4.69) is 62.6 Å². The van der Waals surface area contributed by atoms with Gasteiger partial charge in [-0.2, -0.15) is 0 Å². The third kappa shape index (κ3) is 12.2. The predicted molar refractivity (Wildman–Crippen MR) is 204 cm³/mol. The smallest absolute Gasteiger partial charge is 0.225 e. The van der Waals surface area contributed by atoms with E-state index in [0.29, 0.717) is 95.8 Å². The van der Waals surface area contributed by atoms with E-state index < -0.39 is 0 Å². The monoisotopic (exact) mass is 735 g/mol. The Hall–Kier alpha value is -3.62. The maximum Gasteiger partial charge on any atom is 0.225 e. The van der Waals surface area contributed by atoms with E-state index >= 15 is 0 Å². The lowest BCUT2D eigenvalue weighted by atomic mass is 10.0. The van der Waals surface area contributed by atoms with Crippen molar-refractivity contribution in [2.24, 2.45) is 0 Å². The zero-order chi connectivity index (χ0) is 37.4. The number of carbonyl (C=O) groups is 1. The number of aryl methyl sites for hydroxylation is 1. The Morgan fingerprint density at radius 2 is 1.60 bits per heavy atom. The summed E-state index contributed by atoms with van der Waals surface area (Å²) in [5.74, 6) is 2.38. The molecule has 4 heterocycles. The van der Waals surface area contributed by atoms with Gasteiger partial charge < -0.3 is 38.5 Å². The number of hydrogen-bond donors (Lipinski definition) is 1. The fraction of sp³-hybridized carbons (Fsp3) is 0.650. The number of nitrogens with zero attached hydrogens (tertiary/aromatic N) is 6. The van der Waals surface area contributed by atoms with Gasteiger partial charge in [-0.05, 0) is 58.9 Å². The van der Waals surface area contributed by atoms with E-state index in [9.17, 15) is 4.79 Å². The van der Waals surface area contributed by atoms with Crippen molar-refractivity contribution in [3.05, 3.63) is 65.5 Å². The normalized spacial score (nSPS) is 18.5. The number of aromatic nitrogens is 4. The molecule has 0 bridgehead atoms. The summed E-state index contributed by atoms with van der Waals surface area (Å²) in [4.78, 5) is 31.2. The number of hydrogen-bond acceptors (Lipinski definition) is 11. The van der Waals surface area contributed by atoms with Gasteiger partial charge in [-0.1, -0.05) is 30.3 Å². The molecule has 1 aromatic carbocycles. The molecule has 0 spiro atoms. The second kappa shape index (κ2) is 21.3. The molecular weight excluding hydrogens is 674 g/mol. The van der Waals surface area contributed by atoms with Gasteiger partial charge in [-0.25, -0.2) is 15.0 Å². The molecule has 0 aliphatic carbocycles. The summed E-state index contributed by atoms with van der Waals surface area (Å²) in [6.45, 7) is 17.7. The molecule has 53 heavy (non-hydrogen) atoms. The van der Waals surface area contributed by atoms with E-state index in [1.165, 1.54) is 18.5 Å². The average Bonchev–Trinajstić information content (AvgIpc) is 3.68. The average molecular weight is 736 g/mol. The number of anilines is 1. The highest BCUT2D eigenvalue weighted by Crippen LogP contribution is 2.34. The summed E-state index contributed by atoms with van der Waals surface area (Å²) in [6, 6.07) is 11.7. The second-order valence-corrected chi connectivity index (χ2v) is 14.1. The van der Waals surface area contributed by atoms with Crippen molar-refractivity contribution >= 4 is 11.9 Å². The van der Waals surface area contributed by atoms with Crippen molar-refractivity contribution in [2.45, 2.75) is 97.4 Å². The van der Waals surface area contributed by atoms with Gasteiger partial charge in [-0.3, -0.25) is 9.69 Å². The van der Waals surface area contributed by atoms with Crippen LogP contribution >= 0.6 is 0 Å². The molecule has 2 aromatic heterocycles. The van der Waals surface area contributed by atoms with Crippen LogP contribution in [0.15, 0.2) is 42.7 Å². The van der Waals surface area contributed by atoms with Gasteiger partial charge in [0.2, 0.25) is 11.9 Å². The van der Waals surface area contributed by atoms with Gasteiger partial charge in [-0.15, -0.1) is 0 Å². The Morgan fingerprint density at radius 3 is 2.26 bits per heavy atom. The van der Waals surface area contributed by atoms with Crippen molar-refractivity contribution in [2.75, 3.05) is 77.5 Å². The number of nitrogens with one attached hydrogen (secondary N) is 1. The van der Waals surface area contributed by atoms with Crippen LogP contribution in [0.4, 0.5) is 5.95 Å².